The van der Waals surface area contributed by atoms with Gasteiger partial charge in [0, 0.05) is 5.02 Å². The molecule has 2 rings (SSSR count). The number of nitrogens with one attached hydrogen (secondary N) is 1. The third-order valence-electron chi connectivity index (χ3n) is 3.56. The maximum atomic E-state index is 6.25. The van der Waals surface area contributed by atoms with Gasteiger partial charge in [-0.1, -0.05) is 54.9 Å². The number of benzene rings is 2. The summed E-state index contributed by atoms with van der Waals surface area (Å²) in [4.78, 5) is 0. The summed E-state index contributed by atoms with van der Waals surface area (Å²) < 4.78 is 0. The second kappa shape index (κ2) is 6.23. The highest BCUT2D eigenvalue weighted by Gasteiger charge is 2.15. The van der Waals surface area contributed by atoms with Crippen LogP contribution in [0.2, 0.25) is 5.02 Å². The van der Waals surface area contributed by atoms with E-state index in [4.69, 9.17) is 11.6 Å². The fourth-order valence-corrected chi connectivity index (χ4v) is 2.62. The molecule has 0 saturated carbocycles. The van der Waals surface area contributed by atoms with E-state index in [1.165, 1.54) is 16.7 Å². The summed E-state index contributed by atoms with van der Waals surface area (Å²) in [5, 5.41) is 4.22. The van der Waals surface area contributed by atoms with Crippen molar-refractivity contribution in [3.05, 3.63) is 69.7 Å². The van der Waals surface area contributed by atoms with Crippen LogP contribution in [0, 0.1) is 6.92 Å². The summed E-state index contributed by atoms with van der Waals surface area (Å²) in [5.41, 5.74) is 5.02. The summed E-state index contributed by atoms with van der Waals surface area (Å²) in [7, 11) is 1.99. The molecule has 1 nitrogen and oxygen atoms in total. The zero-order valence-electron chi connectivity index (χ0n) is 11.7. The molecule has 100 valence electrons. The Hall–Kier alpha value is -1.31. The lowest BCUT2D eigenvalue weighted by Crippen LogP contribution is -2.19. The van der Waals surface area contributed by atoms with Crippen molar-refractivity contribution in [2.45, 2.75) is 26.3 Å². The van der Waals surface area contributed by atoms with E-state index in [0.717, 1.165) is 17.0 Å². The molecule has 0 radical (unpaired) electrons. The van der Waals surface area contributed by atoms with E-state index in [1.54, 1.807) is 0 Å². The fraction of sp³-hybridized carbons (Fsp3) is 0.294. The van der Waals surface area contributed by atoms with Crippen LogP contribution in [-0.2, 0) is 6.42 Å². The van der Waals surface area contributed by atoms with Gasteiger partial charge in [-0.2, -0.15) is 0 Å². The minimum Gasteiger partial charge on any atom is -0.309 e. The van der Waals surface area contributed by atoms with Crippen molar-refractivity contribution < 1.29 is 0 Å². The van der Waals surface area contributed by atoms with Crippen LogP contribution >= 0.6 is 11.6 Å². The Morgan fingerprint density at radius 2 is 1.89 bits per heavy atom. The molecule has 1 N–H and O–H groups in total. The van der Waals surface area contributed by atoms with Gasteiger partial charge in [0.25, 0.3) is 0 Å². The Morgan fingerprint density at radius 3 is 2.53 bits per heavy atom. The monoisotopic (exact) mass is 273 g/mol. The lowest BCUT2D eigenvalue weighted by atomic mass is 9.93. The van der Waals surface area contributed by atoms with Gasteiger partial charge in [-0.3, -0.25) is 0 Å². The first-order valence-corrected chi connectivity index (χ1v) is 7.06. The zero-order valence-corrected chi connectivity index (χ0v) is 12.5. The number of hydrogen-bond acceptors (Lipinski definition) is 1. The van der Waals surface area contributed by atoms with E-state index in [9.17, 15) is 0 Å². The number of rotatable bonds is 4. The molecule has 0 bridgehead atoms. The van der Waals surface area contributed by atoms with Crippen LogP contribution in [0.3, 0.4) is 0 Å². The van der Waals surface area contributed by atoms with Gasteiger partial charge >= 0.3 is 0 Å². The van der Waals surface area contributed by atoms with Crippen molar-refractivity contribution >= 4 is 11.6 Å². The van der Waals surface area contributed by atoms with Gasteiger partial charge < -0.3 is 5.32 Å². The van der Waals surface area contributed by atoms with Crippen molar-refractivity contribution in [1.29, 1.82) is 0 Å². The summed E-state index contributed by atoms with van der Waals surface area (Å²) in [6.45, 7) is 4.22. The summed E-state index contributed by atoms with van der Waals surface area (Å²) in [5.74, 6) is 0. The zero-order chi connectivity index (χ0) is 13.8. The highest BCUT2D eigenvalue weighted by Crippen LogP contribution is 2.28. The van der Waals surface area contributed by atoms with Gasteiger partial charge in [-0.15, -0.1) is 0 Å². The Balaban J connectivity index is 2.46. The predicted octanol–water partition coefficient (Wildman–Crippen LogP) is 4.52. The molecule has 0 spiro atoms. The smallest absolute Gasteiger partial charge is 0.0577 e. The van der Waals surface area contributed by atoms with Crippen LogP contribution in [-0.4, -0.2) is 7.05 Å². The first kappa shape index (κ1) is 14.1. The van der Waals surface area contributed by atoms with Crippen molar-refractivity contribution in [3.8, 4) is 0 Å². The molecule has 0 aliphatic carbocycles. The van der Waals surface area contributed by atoms with Gasteiger partial charge in [0.15, 0.2) is 0 Å². The molecule has 2 aromatic rings. The summed E-state index contributed by atoms with van der Waals surface area (Å²) in [6, 6.07) is 15.0. The Bertz CT molecular complexity index is 563. The van der Waals surface area contributed by atoms with E-state index < -0.39 is 0 Å². The average Bonchev–Trinajstić information content (AvgIpc) is 2.44. The van der Waals surface area contributed by atoms with Crippen LogP contribution < -0.4 is 5.32 Å². The van der Waals surface area contributed by atoms with Crippen molar-refractivity contribution in [3.63, 3.8) is 0 Å². The third-order valence-corrected chi connectivity index (χ3v) is 3.97. The molecular formula is C17H20ClN. The van der Waals surface area contributed by atoms with Crippen LogP contribution in [0.5, 0.6) is 0 Å². The van der Waals surface area contributed by atoms with Gasteiger partial charge in [0.05, 0.1) is 6.04 Å². The molecule has 0 aliphatic heterocycles. The second-order valence-corrected chi connectivity index (χ2v) is 5.19. The topological polar surface area (TPSA) is 12.0 Å². The highest BCUT2D eigenvalue weighted by atomic mass is 35.5. The van der Waals surface area contributed by atoms with E-state index in [1.807, 2.05) is 14.0 Å². The maximum absolute atomic E-state index is 6.25. The third kappa shape index (κ3) is 2.99. The molecule has 0 amide bonds. The van der Waals surface area contributed by atoms with Crippen LogP contribution in [0.15, 0.2) is 42.5 Å². The molecule has 0 aliphatic rings. The van der Waals surface area contributed by atoms with Crippen molar-refractivity contribution in [2.24, 2.45) is 0 Å². The van der Waals surface area contributed by atoms with Crippen LogP contribution in [0.4, 0.5) is 0 Å². The molecule has 2 aromatic carbocycles. The molecular weight excluding hydrogens is 254 g/mol. The molecule has 2 heteroatoms. The largest absolute Gasteiger partial charge is 0.309 e. The number of aryl methyl sites for hydroxylation is 2. The molecule has 1 atom stereocenters. The van der Waals surface area contributed by atoms with Crippen LogP contribution in [0.25, 0.3) is 0 Å². The first-order valence-electron chi connectivity index (χ1n) is 6.68. The van der Waals surface area contributed by atoms with Gasteiger partial charge in [0.2, 0.25) is 0 Å². The normalized spacial score (nSPS) is 12.4. The predicted molar refractivity (Wildman–Crippen MR) is 82.9 cm³/mol. The van der Waals surface area contributed by atoms with Gasteiger partial charge in [-0.25, -0.2) is 0 Å². The maximum Gasteiger partial charge on any atom is 0.0577 e. The fourth-order valence-electron chi connectivity index (χ4n) is 2.43. The molecule has 0 saturated heterocycles. The van der Waals surface area contributed by atoms with Crippen molar-refractivity contribution in [2.75, 3.05) is 7.05 Å². The molecule has 19 heavy (non-hydrogen) atoms. The SMILES string of the molecule is CCc1ccccc1C(NC)c1ccc(C)c(Cl)c1. The van der Waals surface area contributed by atoms with Crippen LogP contribution in [0.1, 0.15) is 35.2 Å². The minimum absolute atomic E-state index is 0.189. The number of halogens is 1. The highest BCUT2D eigenvalue weighted by molar-refractivity contribution is 6.31. The van der Waals surface area contributed by atoms with E-state index in [2.05, 4.69) is 54.7 Å². The Kier molecular flexibility index (Phi) is 4.62. The summed E-state index contributed by atoms with van der Waals surface area (Å²) >= 11 is 6.25. The molecule has 0 fully saturated rings. The number of hydrogen-bond donors (Lipinski definition) is 1. The van der Waals surface area contributed by atoms with Gasteiger partial charge in [-0.05, 0) is 48.7 Å². The lowest BCUT2D eigenvalue weighted by molar-refractivity contribution is 0.684. The van der Waals surface area contributed by atoms with Crippen molar-refractivity contribution in [1.82, 2.24) is 5.32 Å². The second-order valence-electron chi connectivity index (χ2n) is 4.78. The van der Waals surface area contributed by atoms with Gasteiger partial charge in [0.1, 0.15) is 0 Å². The molecule has 0 aromatic heterocycles. The first-order chi connectivity index (χ1) is 9.17. The Morgan fingerprint density at radius 1 is 1.16 bits per heavy atom. The standard InChI is InChI=1S/C17H20ClN/c1-4-13-7-5-6-8-15(13)17(19-3)14-10-9-12(2)16(18)11-14/h5-11,17,19H,4H2,1-3H3. The van der Waals surface area contributed by atoms with E-state index >= 15 is 0 Å². The van der Waals surface area contributed by atoms with E-state index in [-0.39, 0.29) is 6.04 Å². The molecule has 0 heterocycles. The minimum atomic E-state index is 0.189. The molecule has 1 unspecified atom stereocenters. The lowest BCUT2D eigenvalue weighted by Gasteiger charge is -2.21. The average molecular weight is 274 g/mol. The Labute approximate surface area is 120 Å². The quantitative estimate of drug-likeness (QED) is 0.864. The summed E-state index contributed by atoms with van der Waals surface area (Å²) in [6.07, 6.45) is 1.04. The van der Waals surface area contributed by atoms with E-state index in [0.29, 0.717) is 0 Å².